The average Bonchev–Trinajstić information content (AvgIpc) is 2.79. The largest absolute Gasteiger partial charge is 0.394 e. The summed E-state index contributed by atoms with van der Waals surface area (Å²) in [5, 5.41) is 70.9. The molecule has 0 bridgehead atoms. The van der Waals surface area contributed by atoms with Crippen LogP contribution in [-0.4, -0.2) is 141 Å². The van der Waals surface area contributed by atoms with Crippen LogP contribution in [0.3, 0.4) is 0 Å². The van der Waals surface area contributed by atoms with E-state index in [1.807, 2.05) is 0 Å². The Bertz CT molecular complexity index is 584. The van der Waals surface area contributed by atoms with Crippen molar-refractivity contribution in [1.82, 2.24) is 0 Å². The second kappa shape index (κ2) is 11.0. The van der Waals surface area contributed by atoms with Crippen LogP contribution in [0.25, 0.3) is 0 Å². The van der Waals surface area contributed by atoms with Gasteiger partial charge in [0, 0.05) is 18.6 Å². The zero-order chi connectivity index (χ0) is 24.6. The Balaban J connectivity index is 1.72. The zero-order valence-corrected chi connectivity index (χ0v) is 17.9. The van der Waals surface area contributed by atoms with Crippen LogP contribution in [0, 0.1) is 0 Å². The third-order valence-corrected chi connectivity index (χ3v) is 6.48. The molecule has 0 spiro atoms. The Morgan fingerprint density at radius 3 is 1.70 bits per heavy atom. The van der Waals surface area contributed by atoms with Crippen molar-refractivity contribution < 1.29 is 54.7 Å². The fourth-order valence-electron chi connectivity index (χ4n) is 4.40. The molecule has 15 nitrogen and oxygen atoms in total. The van der Waals surface area contributed by atoms with Crippen LogP contribution in [0.2, 0.25) is 0 Å². The first-order valence-corrected chi connectivity index (χ1v) is 10.8. The van der Waals surface area contributed by atoms with Gasteiger partial charge in [0.2, 0.25) is 0 Å². The summed E-state index contributed by atoms with van der Waals surface area (Å²) in [6.45, 7) is -0.763. The third-order valence-electron chi connectivity index (χ3n) is 6.48. The Morgan fingerprint density at radius 2 is 1.18 bits per heavy atom. The maximum atomic E-state index is 10.9. The molecule has 194 valence electrons. The molecule has 1 aliphatic carbocycles. The monoisotopic (exact) mass is 484 g/mol. The standard InChI is InChI=1S/C18H36N4O11/c19-2-6-10(25)12(27)13(28)18(30-6)33-16-5(21)1-4(20)15(14(16)29)32-17-11(26)8(22)9(24)7(3-23)31-17/h4-18,23-29H,1-3,19-22H2/t4-,5?,6?,7?,8-,9-,10-,11?,12?,13+,14?,15-,16-,17-,18+/m1/s1. The third kappa shape index (κ3) is 5.32. The van der Waals surface area contributed by atoms with Crippen molar-refractivity contribution in [2.24, 2.45) is 22.9 Å². The van der Waals surface area contributed by atoms with Crippen molar-refractivity contribution in [3.63, 3.8) is 0 Å². The Morgan fingerprint density at radius 1 is 0.667 bits per heavy atom. The van der Waals surface area contributed by atoms with Gasteiger partial charge in [-0.2, -0.15) is 0 Å². The van der Waals surface area contributed by atoms with Crippen molar-refractivity contribution in [3.8, 4) is 0 Å². The lowest BCUT2D eigenvalue weighted by Gasteiger charge is -2.48. The van der Waals surface area contributed by atoms with Crippen molar-refractivity contribution in [1.29, 1.82) is 0 Å². The molecule has 6 unspecified atom stereocenters. The van der Waals surface area contributed by atoms with Crippen LogP contribution < -0.4 is 22.9 Å². The highest BCUT2D eigenvalue weighted by Gasteiger charge is 2.51. The molecule has 3 aliphatic rings. The van der Waals surface area contributed by atoms with Crippen LogP contribution >= 0.6 is 0 Å². The first kappa shape index (κ1) is 27.0. The zero-order valence-electron chi connectivity index (χ0n) is 17.9. The summed E-state index contributed by atoms with van der Waals surface area (Å²) in [6, 6.07) is -2.86. The van der Waals surface area contributed by atoms with Crippen LogP contribution in [0.1, 0.15) is 6.42 Å². The van der Waals surface area contributed by atoms with E-state index in [9.17, 15) is 35.7 Å². The van der Waals surface area contributed by atoms with Crippen LogP contribution in [0.4, 0.5) is 0 Å². The Hall–Kier alpha value is -0.600. The molecule has 0 radical (unpaired) electrons. The quantitative estimate of drug-likeness (QED) is 0.167. The van der Waals surface area contributed by atoms with E-state index in [1.165, 1.54) is 0 Å². The molecule has 33 heavy (non-hydrogen) atoms. The highest BCUT2D eigenvalue weighted by Crippen LogP contribution is 2.31. The van der Waals surface area contributed by atoms with Crippen molar-refractivity contribution in [2.45, 2.75) is 98.2 Å². The van der Waals surface area contributed by atoms with Gasteiger partial charge in [0.1, 0.15) is 61.0 Å². The van der Waals surface area contributed by atoms with Gasteiger partial charge in [0.25, 0.3) is 0 Å². The van der Waals surface area contributed by atoms with E-state index in [0.717, 1.165) is 0 Å². The van der Waals surface area contributed by atoms with Gasteiger partial charge in [-0.05, 0) is 6.42 Å². The summed E-state index contributed by atoms with van der Waals surface area (Å²) in [5.74, 6) is 0. The van der Waals surface area contributed by atoms with E-state index < -0.39 is 98.4 Å². The summed E-state index contributed by atoms with van der Waals surface area (Å²) in [6.07, 6.45) is -16.5. The van der Waals surface area contributed by atoms with E-state index in [-0.39, 0.29) is 13.0 Å². The molecule has 15 heteroatoms. The predicted molar refractivity (Wildman–Crippen MR) is 108 cm³/mol. The summed E-state index contributed by atoms with van der Waals surface area (Å²) in [7, 11) is 0. The van der Waals surface area contributed by atoms with Crippen molar-refractivity contribution in [2.75, 3.05) is 13.2 Å². The minimum absolute atomic E-state index is 0.0849. The van der Waals surface area contributed by atoms with E-state index in [2.05, 4.69) is 0 Å². The Labute approximate surface area is 189 Å². The SMILES string of the molecule is NCC1O[C@@H](O[C@@H]2C(N)C[C@@H](N)[C@@H](O[C@H]3OC(CO)[C@@H](O)[C@@H](N)C3O)C2O)[C@@H](O)C(O)[C@@H]1O. The molecule has 3 rings (SSSR count). The fraction of sp³-hybridized carbons (Fsp3) is 1.00. The number of nitrogens with two attached hydrogens (primary N) is 4. The van der Waals surface area contributed by atoms with Crippen molar-refractivity contribution >= 4 is 0 Å². The van der Waals surface area contributed by atoms with Gasteiger partial charge in [-0.1, -0.05) is 0 Å². The average molecular weight is 485 g/mol. The minimum Gasteiger partial charge on any atom is -0.394 e. The van der Waals surface area contributed by atoms with Gasteiger partial charge in [-0.25, -0.2) is 0 Å². The summed E-state index contributed by atoms with van der Waals surface area (Å²) in [4.78, 5) is 0. The highest BCUT2D eigenvalue weighted by atomic mass is 16.7. The van der Waals surface area contributed by atoms with Crippen LogP contribution in [0.5, 0.6) is 0 Å². The number of hydrogen-bond donors (Lipinski definition) is 11. The van der Waals surface area contributed by atoms with E-state index in [4.69, 9.17) is 41.9 Å². The van der Waals surface area contributed by atoms with Gasteiger partial charge in [-0.3, -0.25) is 0 Å². The minimum atomic E-state index is -1.66. The fourth-order valence-corrected chi connectivity index (χ4v) is 4.40. The highest BCUT2D eigenvalue weighted by molar-refractivity contribution is 5.01. The molecule has 2 heterocycles. The summed E-state index contributed by atoms with van der Waals surface area (Å²) >= 11 is 0. The molecule has 2 aliphatic heterocycles. The van der Waals surface area contributed by atoms with Gasteiger partial charge >= 0.3 is 0 Å². The van der Waals surface area contributed by atoms with Crippen LogP contribution in [-0.2, 0) is 18.9 Å². The molecule has 0 aromatic heterocycles. The van der Waals surface area contributed by atoms with E-state index in [0.29, 0.717) is 0 Å². The maximum absolute atomic E-state index is 10.9. The van der Waals surface area contributed by atoms with Crippen molar-refractivity contribution in [3.05, 3.63) is 0 Å². The first-order valence-electron chi connectivity index (χ1n) is 10.8. The summed E-state index contributed by atoms with van der Waals surface area (Å²) in [5.41, 5.74) is 23.5. The molecule has 0 aromatic rings. The first-order chi connectivity index (χ1) is 15.5. The molecule has 2 saturated heterocycles. The maximum Gasteiger partial charge on any atom is 0.187 e. The summed E-state index contributed by atoms with van der Waals surface area (Å²) < 4.78 is 22.2. The molecule has 15 atom stereocenters. The molecular formula is C18H36N4O11. The molecule has 0 aromatic carbocycles. The molecular weight excluding hydrogens is 448 g/mol. The number of hydrogen-bond acceptors (Lipinski definition) is 15. The van der Waals surface area contributed by atoms with E-state index >= 15 is 0 Å². The number of ether oxygens (including phenoxy) is 4. The number of aliphatic hydroxyl groups is 7. The lowest BCUT2D eigenvalue weighted by molar-refractivity contribution is -0.332. The van der Waals surface area contributed by atoms with E-state index in [1.54, 1.807) is 0 Å². The number of rotatable bonds is 6. The topological polar surface area (TPSA) is 283 Å². The van der Waals surface area contributed by atoms with Gasteiger partial charge in [-0.15, -0.1) is 0 Å². The molecule has 1 saturated carbocycles. The second-order valence-corrected chi connectivity index (χ2v) is 8.79. The predicted octanol–water partition coefficient (Wildman–Crippen LogP) is -7.29. The van der Waals surface area contributed by atoms with Gasteiger partial charge < -0.3 is 77.6 Å². The van der Waals surface area contributed by atoms with Gasteiger partial charge in [0.15, 0.2) is 12.6 Å². The normalized spacial score (nSPS) is 53.7. The molecule has 3 fully saturated rings. The lowest BCUT2D eigenvalue weighted by atomic mass is 9.84. The Kier molecular flexibility index (Phi) is 8.99. The van der Waals surface area contributed by atoms with Crippen LogP contribution in [0.15, 0.2) is 0 Å². The second-order valence-electron chi connectivity index (χ2n) is 8.79. The smallest absolute Gasteiger partial charge is 0.187 e. The molecule has 0 amide bonds. The number of aliphatic hydroxyl groups excluding tert-OH is 7. The lowest BCUT2D eigenvalue weighted by Crippen LogP contribution is -2.68. The van der Waals surface area contributed by atoms with Gasteiger partial charge in [0.05, 0.1) is 12.6 Å². The molecule has 15 N–H and O–H groups in total.